The monoisotopic (exact) mass is 527 g/mol. The predicted octanol–water partition coefficient (Wildman–Crippen LogP) is 5.87. The van der Waals surface area contributed by atoms with Crippen molar-refractivity contribution in [3.63, 3.8) is 0 Å². The molecule has 0 radical (unpaired) electrons. The van der Waals surface area contributed by atoms with Crippen molar-refractivity contribution in [1.29, 1.82) is 0 Å². The maximum absolute atomic E-state index is 13.9. The first-order valence-electron chi connectivity index (χ1n) is 14.2. The summed E-state index contributed by atoms with van der Waals surface area (Å²) in [5.41, 5.74) is 4.15. The van der Waals surface area contributed by atoms with Crippen LogP contribution in [0.25, 0.3) is 0 Å². The van der Waals surface area contributed by atoms with Crippen LogP contribution in [0.2, 0.25) is 0 Å². The van der Waals surface area contributed by atoms with Gasteiger partial charge >= 0.3 is 0 Å². The third-order valence-electron chi connectivity index (χ3n) is 7.55. The highest BCUT2D eigenvalue weighted by Gasteiger charge is 2.28. The molecule has 2 aromatic rings. The van der Waals surface area contributed by atoms with Gasteiger partial charge in [0.25, 0.3) is 0 Å². The van der Waals surface area contributed by atoms with Crippen molar-refractivity contribution >= 4 is 0 Å². The fourth-order valence-corrected chi connectivity index (χ4v) is 5.09. The Bertz CT molecular complexity index is 986. The van der Waals surface area contributed by atoms with Crippen LogP contribution in [-0.2, 0) is 13.1 Å². The van der Waals surface area contributed by atoms with Gasteiger partial charge in [-0.3, -0.25) is 14.8 Å². The van der Waals surface area contributed by atoms with Gasteiger partial charge in [0.1, 0.15) is 11.6 Å². The number of pyridine rings is 1. The molecule has 2 heterocycles. The van der Waals surface area contributed by atoms with E-state index in [9.17, 15) is 9.50 Å². The maximum atomic E-state index is 13.9. The summed E-state index contributed by atoms with van der Waals surface area (Å²) in [4.78, 5) is 9.35. The Morgan fingerprint density at radius 1 is 1.18 bits per heavy atom. The fraction of sp³-hybridized carbons (Fsp3) is 0.581. The summed E-state index contributed by atoms with van der Waals surface area (Å²) in [7, 11) is 1.84. The Morgan fingerprint density at radius 3 is 2.42 bits per heavy atom. The maximum Gasteiger partial charge on any atom is 0.131 e. The van der Waals surface area contributed by atoms with Crippen LogP contribution in [-0.4, -0.2) is 58.7 Å². The van der Waals surface area contributed by atoms with E-state index in [2.05, 4.69) is 65.8 Å². The van der Waals surface area contributed by atoms with Gasteiger partial charge in [-0.1, -0.05) is 39.5 Å². The van der Waals surface area contributed by atoms with Crippen LogP contribution in [0.15, 0.2) is 42.9 Å². The first-order valence-corrected chi connectivity index (χ1v) is 14.2. The average Bonchev–Trinajstić information content (AvgIpc) is 2.91. The molecule has 0 amide bonds. The highest BCUT2D eigenvalue weighted by Crippen LogP contribution is 2.24. The second-order valence-electron chi connectivity index (χ2n) is 10.3. The lowest BCUT2D eigenvalue weighted by Gasteiger charge is -2.42. The molecule has 1 aromatic carbocycles. The highest BCUT2D eigenvalue weighted by molar-refractivity contribution is 5.27. The molecular weight excluding hydrogens is 477 g/mol. The number of rotatable bonds is 12. The van der Waals surface area contributed by atoms with E-state index in [0.717, 1.165) is 44.0 Å². The second kappa shape index (κ2) is 16.4. The summed E-state index contributed by atoms with van der Waals surface area (Å²) < 4.78 is 13.9. The van der Waals surface area contributed by atoms with Crippen molar-refractivity contribution in [2.24, 2.45) is 0 Å². The number of nitrogens with zero attached hydrogens (tertiary/aromatic N) is 3. The number of aryl methyl sites for hydroxylation is 2. The van der Waals surface area contributed by atoms with E-state index in [1.54, 1.807) is 12.1 Å². The number of aromatic hydroxyl groups is 1. The number of phenols is 1. The first-order chi connectivity index (χ1) is 18.2. The molecule has 1 fully saturated rings. The van der Waals surface area contributed by atoms with Crippen molar-refractivity contribution in [2.45, 2.75) is 91.9 Å². The number of phenolic OH excluding ortho intramolecular Hbond substituents is 1. The molecule has 0 unspecified atom stereocenters. The average molecular weight is 528 g/mol. The largest absolute Gasteiger partial charge is 0.508 e. The molecule has 0 atom stereocenters. The summed E-state index contributed by atoms with van der Waals surface area (Å²) in [5.74, 6) is 0.514. The number of nitrogens with one attached hydrogen (secondary N) is 2. The van der Waals surface area contributed by atoms with Gasteiger partial charge in [-0.15, -0.1) is 0 Å². The van der Waals surface area contributed by atoms with Gasteiger partial charge in [0.2, 0.25) is 0 Å². The molecular formula is C31H50FN5O. The third-order valence-corrected chi connectivity index (χ3v) is 7.55. The molecule has 3 rings (SSSR count). The molecule has 38 heavy (non-hydrogen) atoms. The van der Waals surface area contributed by atoms with Gasteiger partial charge in [0.15, 0.2) is 0 Å². The summed E-state index contributed by atoms with van der Waals surface area (Å²) in [5, 5.41) is 15.4. The number of hydrogen-bond acceptors (Lipinski definition) is 6. The molecule has 1 aliphatic heterocycles. The van der Waals surface area contributed by atoms with Crippen molar-refractivity contribution in [1.82, 2.24) is 25.4 Å². The SMILES string of the molecule is C=C(NC)NCc1cnc(C)c(C)c1.CCCN(C(CC)CC)C1CCN(Cc2ccc(O)cc2F)CC1. The molecule has 0 aliphatic carbocycles. The standard InChI is InChI=1S/C20H33FN2O.C11H17N3/c1-4-11-23(17(5-2)6-3)18-9-12-22(13-10-18)15-16-7-8-19(24)14-20(16)21;1-8-5-11(6-13-9(8)2)7-14-10(3)12-4/h7-8,14,17-18,24H,4-6,9-13,15H2,1-3H3;5-6,12,14H,3,7H2,1-2,4H3. The van der Waals surface area contributed by atoms with Gasteiger partial charge in [0.05, 0.1) is 5.82 Å². The van der Waals surface area contributed by atoms with Crippen LogP contribution in [0.1, 0.15) is 75.3 Å². The molecule has 6 nitrogen and oxygen atoms in total. The normalized spacial score (nSPS) is 14.3. The molecule has 0 saturated carbocycles. The third kappa shape index (κ3) is 9.91. The van der Waals surface area contributed by atoms with Crippen LogP contribution in [0.3, 0.4) is 0 Å². The Hall–Kier alpha value is -2.64. The van der Waals surface area contributed by atoms with Crippen molar-refractivity contribution in [3.05, 3.63) is 71.1 Å². The van der Waals surface area contributed by atoms with E-state index >= 15 is 0 Å². The molecule has 1 aromatic heterocycles. The first kappa shape index (κ1) is 31.6. The topological polar surface area (TPSA) is 63.7 Å². The van der Waals surface area contributed by atoms with Gasteiger partial charge in [-0.25, -0.2) is 4.39 Å². The van der Waals surface area contributed by atoms with Crippen molar-refractivity contribution < 1.29 is 9.50 Å². The Labute approximate surface area is 230 Å². The van der Waals surface area contributed by atoms with Gasteiger partial charge in [0, 0.05) is 55.7 Å². The van der Waals surface area contributed by atoms with E-state index in [1.807, 2.05) is 20.2 Å². The fourth-order valence-electron chi connectivity index (χ4n) is 5.09. The summed E-state index contributed by atoms with van der Waals surface area (Å²) >= 11 is 0. The number of benzene rings is 1. The predicted molar refractivity (Wildman–Crippen MR) is 156 cm³/mol. The Balaban J connectivity index is 0.000000308. The molecule has 7 heteroatoms. The Morgan fingerprint density at radius 2 is 1.87 bits per heavy atom. The van der Waals surface area contributed by atoms with E-state index in [4.69, 9.17) is 0 Å². The lowest BCUT2D eigenvalue weighted by Crippen LogP contribution is -2.49. The van der Waals surface area contributed by atoms with Crippen LogP contribution < -0.4 is 10.6 Å². The molecule has 0 spiro atoms. The van der Waals surface area contributed by atoms with E-state index < -0.39 is 0 Å². The van der Waals surface area contributed by atoms with E-state index in [0.29, 0.717) is 24.2 Å². The summed E-state index contributed by atoms with van der Waals surface area (Å²) in [6, 6.07) is 7.97. The summed E-state index contributed by atoms with van der Waals surface area (Å²) in [6.07, 6.45) is 7.85. The molecule has 212 valence electrons. The minimum absolute atomic E-state index is 0.00432. The lowest BCUT2D eigenvalue weighted by atomic mass is 9.98. The smallest absolute Gasteiger partial charge is 0.131 e. The van der Waals surface area contributed by atoms with Crippen LogP contribution in [0.5, 0.6) is 5.75 Å². The van der Waals surface area contributed by atoms with E-state index in [-0.39, 0.29) is 11.6 Å². The molecule has 1 saturated heterocycles. The zero-order valence-corrected chi connectivity index (χ0v) is 24.5. The highest BCUT2D eigenvalue weighted by atomic mass is 19.1. The number of likely N-dealkylation sites (tertiary alicyclic amines) is 1. The number of halogens is 1. The van der Waals surface area contributed by atoms with Crippen molar-refractivity contribution in [2.75, 3.05) is 26.7 Å². The molecule has 0 bridgehead atoms. The second-order valence-corrected chi connectivity index (χ2v) is 10.3. The number of hydrogen-bond donors (Lipinski definition) is 3. The lowest BCUT2D eigenvalue weighted by molar-refractivity contribution is 0.0666. The number of piperidine rings is 1. The molecule has 3 N–H and O–H groups in total. The summed E-state index contributed by atoms with van der Waals surface area (Å²) in [6.45, 7) is 19.3. The molecule has 1 aliphatic rings. The van der Waals surface area contributed by atoms with E-state index in [1.165, 1.54) is 43.0 Å². The zero-order valence-electron chi connectivity index (χ0n) is 24.5. The van der Waals surface area contributed by atoms with Gasteiger partial charge in [-0.05, 0) is 82.8 Å². The minimum atomic E-state index is -0.304. The minimum Gasteiger partial charge on any atom is -0.508 e. The van der Waals surface area contributed by atoms with Crippen LogP contribution in [0.4, 0.5) is 4.39 Å². The van der Waals surface area contributed by atoms with Gasteiger partial charge in [-0.2, -0.15) is 0 Å². The van der Waals surface area contributed by atoms with Crippen molar-refractivity contribution in [3.8, 4) is 5.75 Å². The van der Waals surface area contributed by atoms with Crippen LogP contribution in [0, 0.1) is 19.7 Å². The quantitative estimate of drug-likeness (QED) is 0.321. The van der Waals surface area contributed by atoms with Crippen LogP contribution >= 0.6 is 0 Å². The zero-order chi connectivity index (χ0) is 28.1. The number of aromatic nitrogens is 1. The van der Waals surface area contributed by atoms with Gasteiger partial charge < -0.3 is 15.7 Å². The Kier molecular flexibility index (Phi) is 13.6.